The van der Waals surface area contributed by atoms with Crippen LogP contribution in [0.15, 0.2) is 30.5 Å². The molecule has 2 amide bonds. The zero-order chi connectivity index (χ0) is 18.5. The largest absolute Gasteiger partial charge is 0.352 e. The summed E-state index contributed by atoms with van der Waals surface area (Å²) in [5, 5.41) is 13.6. The normalized spacial score (nSPS) is 16.9. The van der Waals surface area contributed by atoms with Crippen LogP contribution in [-0.4, -0.2) is 41.2 Å². The van der Waals surface area contributed by atoms with Crippen LogP contribution in [-0.2, 0) is 0 Å². The van der Waals surface area contributed by atoms with Gasteiger partial charge < -0.3 is 16.0 Å². The summed E-state index contributed by atoms with van der Waals surface area (Å²) in [4.78, 5) is 24.8. The molecule has 26 heavy (non-hydrogen) atoms. The molecule has 138 valence electrons. The van der Waals surface area contributed by atoms with Gasteiger partial charge in [-0.15, -0.1) is 0 Å². The summed E-state index contributed by atoms with van der Waals surface area (Å²) < 4.78 is 1.82. The van der Waals surface area contributed by atoms with Gasteiger partial charge in [0, 0.05) is 24.3 Å². The standard InChI is InChI=1S/C18H22ClN5O2/c1-2-21-17(25)14-6-5-12(19)10-16(14)22-18(26)15-7-9-24(23-15)13-4-3-8-20-11-13/h5-7,9-10,13,20H,2-4,8,11H2,1H3,(H,21,25)(H,22,26). The fourth-order valence-corrected chi connectivity index (χ4v) is 3.15. The van der Waals surface area contributed by atoms with E-state index in [4.69, 9.17) is 11.6 Å². The van der Waals surface area contributed by atoms with Crippen LogP contribution >= 0.6 is 11.6 Å². The van der Waals surface area contributed by atoms with Gasteiger partial charge in [-0.3, -0.25) is 14.3 Å². The molecule has 0 spiro atoms. The molecule has 1 saturated heterocycles. The number of aromatic nitrogens is 2. The van der Waals surface area contributed by atoms with E-state index in [0.717, 1.165) is 25.9 Å². The van der Waals surface area contributed by atoms with Crippen molar-refractivity contribution in [1.29, 1.82) is 0 Å². The Hall–Kier alpha value is -2.38. The molecular weight excluding hydrogens is 354 g/mol. The number of hydrogen-bond donors (Lipinski definition) is 3. The van der Waals surface area contributed by atoms with Gasteiger partial charge >= 0.3 is 0 Å². The highest BCUT2D eigenvalue weighted by Gasteiger charge is 2.19. The molecule has 3 rings (SSSR count). The highest BCUT2D eigenvalue weighted by Crippen LogP contribution is 2.22. The fourth-order valence-electron chi connectivity index (χ4n) is 2.98. The maximum atomic E-state index is 12.6. The van der Waals surface area contributed by atoms with Gasteiger partial charge in [-0.2, -0.15) is 5.10 Å². The molecule has 0 aliphatic carbocycles. The van der Waals surface area contributed by atoms with Gasteiger partial charge in [0.25, 0.3) is 11.8 Å². The van der Waals surface area contributed by atoms with Crippen molar-refractivity contribution in [3.8, 4) is 0 Å². The molecule has 1 aromatic heterocycles. The van der Waals surface area contributed by atoms with Crippen molar-refractivity contribution in [3.05, 3.63) is 46.7 Å². The van der Waals surface area contributed by atoms with Crippen LogP contribution in [0, 0.1) is 0 Å². The first-order valence-corrected chi connectivity index (χ1v) is 9.11. The summed E-state index contributed by atoms with van der Waals surface area (Å²) in [6.07, 6.45) is 3.94. The molecule has 1 unspecified atom stereocenters. The van der Waals surface area contributed by atoms with Gasteiger partial charge in [0.05, 0.1) is 17.3 Å². The molecule has 0 radical (unpaired) electrons. The van der Waals surface area contributed by atoms with E-state index in [-0.39, 0.29) is 17.9 Å². The molecule has 0 saturated carbocycles. The number of rotatable bonds is 5. The third-order valence-electron chi connectivity index (χ3n) is 4.30. The fraction of sp³-hybridized carbons (Fsp3) is 0.389. The number of nitrogens with one attached hydrogen (secondary N) is 3. The number of amides is 2. The number of hydrogen-bond acceptors (Lipinski definition) is 4. The van der Waals surface area contributed by atoms with E-state index in [0.29, 0.717) is 28.5 Å². The molecule has 3 N–H and O–H groups in total. The molecular formula is C18H22ClN5O2. The molecule has 2 aromatic rings. The molecule has 0 bridgehead atoms. The van der Waals surface area contributed by atoms with E-state index < -0.39 is 0 Å². The quantitative estimate of drug-likeness (QED) is 0.749. The Kier molecular flexibility index (Phi) is 5.90. The number of carbonyl (C=O) groups is 2. The summed E-state index contributed by atoms with van der Waals surface area (Å²) >= 11 is 6.02. The number of benzene rings is 1. The van der Waals surface area contributed by atoms with Crippen LogP contribution < -0.4 is 16.0 Å². The molecule has 7 nitrogen and oxygen atoms in total. The van der Waals surface area contributed by atoms with Crippen molar-refractivity contribution >= 4 is 29.1 Å². The van der Waals surface area contributed by atoms with E-state index in [1.54, 1.807) is 24.3 Å². The minimum atomic E-state index is -0.375. The van der Waals surface area contributed by atoms with Crippen LogP contribution in [0.5, 0.6) is 0 Å². The number of anilines is 1. The number of carbonyl (C=O) groups excluding carboxylic acids is 2. The molecule has 1 fully saturated rings. The minimum Gasteiger partial charge on any atom is -0.352 e. The summed E-state index contributed by atoms with van der Waals surface area (Å²) in [5.74, 6) is -0.640. The lowest BCUT2D eigenvalue weighted by molar-refractivity contribution is 0.0956. The summed E-state index contributed by atoms with van der Waals surface area (Å²) in [5.41, 5.74) is 1.03. The summed E-state index contributed by atoms with van der Waals surface area (Å²) in [7, 11) is 0. The van der Waals surface area contributed by atoms with Gasteiger partial charge in [0.2, 0.25) is 0 Å². The van der Waals surface area contributed by atoms with Crippen molar-refractivity contribution in [2.75, 3.05) is 25.0 Å². The zero-order valence-corrected chi connectivity index (χ0v) is 15.3. The predicted molar refractivity (Wildman–Crippen MR) is 101 cm³/mol. The minimum absolute atomic E-state index is 0.252. The second-order valence-corrected chi connectivity index (χ2v) is 6.62. The summed E-state index contributed by atoms with van der Waals surface area (Å²) in [6.45, 7) is 4.19. The van der Waals surface area contributed by atoms with Crippen LogP contribution in [0.25, 0.3) is 0 Å². The monoisotopic (exact) mass is 375 g/mol. The van der Waals surface area contributed by atoms with Gasteiger partial charge in [-0.1, -0.05) is 11.6 Å². The average molecular weight is 376 g/mol. The van der Waals surface area contributed by atoms with Crippen molar-refractivity contribution < 1.29 is 9.59 Å². The van der Waals surface area contributed by atoms with Crippen molar-refractivity contribution in [1.82, 2.24) is 20.4 Å². The lowest BCUT2D eigenvalue weighted by Crippen LogP contribution is -2.32. The zero-order valence-electron chi connectivity index (χ0n) is 14.6. The van der Waals surface area contributed by atoms with E-state index in [1.807, 2.05) is 17.8 Å². The Morgan fingerprint density at radius 2 is 2.19 bits per heavy atom. The Morgan fingerprint density at radius 1 is 1.35 bits per heavy atom. The number of halogens is 1. The lowest BCUT2D eigenvalue weighted by Gasteiger charge is -2.22. The summed E-state index contributed by atoms with van der Waals surface area (Å²) in [6, 6.07) is 6.70. The van der Waals surface area contributed by atoms with Crippen LogP contribution in [0.1, 0.15) is 46.7 Å². The molecule has 2 heterocycles. The third-order valence-corrected chi connectivity index (χ3v) is 4.53. The van der Waals surface area contributed by atoms with Crippen molar-refractivity contribution in [2.45, 2.75) is 25.8 Å². The van der Waals surface area contributed by atoms with Crippen LogP contribution in [0.3, 0.4) is 0 Å². The van der Waals surface area contributed by atoms with Crippen LogP contribution in [0.2, 0.25) is 5.02 Å². The van der Waals surface area contributed by atoms with E-state index >= 15 is 0 Å². The van der Waals surface area contributed by atoms with Gasteiger partial charge in [-0.05, 0) is 50.6 Å². The Morgan fingerprint density at radius 3 is 2.92 bits per heavy atom. The van der Waals surface area contributed by atoms with E-state index in [2.05, 4.69) is 21.0 Å². The molecule has 1 atom stereocenters. The van der Waals surface area contributed by atoms with E-state index in [9.17, 15) is 9.59 Å². The van der Waals surface area contributed by atoms with Crippen LogP contribution in [0.4, 0.5) is 5.69 Å². The second kappa shape index (κ2) is 8.33. The van der Waals surface area contributed by atoms with E-state index in [1.165, 1.54) is 0 Å². The topological polar surface area (TPSA) is 88.0 Å². The van der Waals surface area contributed by atoms with Gasteiger partial charge in [0.15, 0.2) is 5.69 Å². The SMILES string of the molecule is CCNC(=O)c1ccc(Cl)cc1NC(=O)c1ccn(C2CCCNC2)n1. The Bertz CT molecular complexity index is 799. The highest BCUT2D eigenvalue weighted by atomic mass is 35.5. The third kappa shape index (κ3) is 4.23. The molecule has 1 aromatic carbocycles. The Balaban J connectivity index is 1.76. The number of nitrogens with zero attached hydrogens (tertiary/aromatic N) is 2. The van der Waals surface area contributed by atoms with Gasteiger partial charge in [-0.25, -0.2) is 0 Å². The van der Waals surface area contributed by atoms with Gasteiger partial charge in [0.1, 0.15) is 0 Å². The molecule has 8 heteroatoms. The van der Waals surface area contributed by atoms with Crippen molar-refractivity contribution in [2.24, 2.45) is 0 Å². The second-order valence-electron chi connectivity index (χ2n) is 6.18. The first-order chi connectivity index (χ1) is 12.6. The lowest BCUT2D eigenvalue weighted by atomic mass is 10.1. The maximum Gasteiger partial charge on any atom is 0.276 e. The number of piperidine rings is 1. The first-order valence-electron chi connectivity index (χ1n) is 8.73. The predicted octanol–water partition coefficient (Wildman–Crippen LogP) is 2.46. The van der Waals surface area contributed by atoms with Crippen molar-refractivity contribution in [3.63, 3.8) is 0 Å². The smallest absolute Gasteiger partial charge is 0.276 e. The molecule has 1 aliphatic heterocycles. The Labute approximate surface area is 157 Å². The molecule has 1 aliphatic rings. The average Bonchev–Trinajstić information content (AvgIpc) is 3.13. The highest BCUT2D eigenvalue weighted by molar-refractivity contribution is 6.31. The first kappa shape index (κ1) is 18.4. The maximum absolute atomic E-state index is 12.6.